The van der Waals surface area contributed by atoms with Gasteiger partial charge < -0.3 is 0 Å². The molecule has 0 spiro atoms. The van der Waals surface area contributed by atoms with Crippen molar-refractivity contribution in [3.05, 3.63) is 60.2 Å². The Labute approximate surface area is 138 Å². The van der Waals surface area contributed by atoms with E-state index in [0.717, 1.165) is 5.56 Å². The van der Waals surface area contributed by atoms with E-state index in [4.69, 9.17) is 0 Å². The first-order valence-electron chi connectivity index (χ1n) is 7.37. The highest BCUT2D eigenvalue weighted by Crippen LogP contribution is 2.25. The first-order valence-corrected chi connectivity index (χ1v) is 8.81. The van der Waals surface area contributed by atoms with Gasteiger partial charge in [0, 0.05) is 7.05 Å². The van der Waals surface area contributed by atoms with E-state index < -0.39 is 10.0 Å². The summed E-state index contributed by atoms with van der Waals surface area (Å²) in [7, 11) is -1.99. The average Bonchev–Trinajstić information content (AvgIpc) is 2.55. The van der Waals surface area contributed by atoms with Gasteiger partial charge in [0.2, 0.25) is 0 Å². The number of nitrogens with zero attached hydrogens (tertiary/aromatic N) is 2. The Morgan fingerprint density at radius 3 is 2.35 bits per heavy atom. The summed E-state index contributed by atoms with van der Waals surface area (Å²) in [4.78, 5) is 4.38. The molecule has 122 valence electrons. The quantitative estimate of drug-likeness (QED) is 0.761. The van der Waals surface area contributed by atoms with Gasteiger partial charge in [0.15, 0.2) is 0 Å². The number of rotatable bonds is 6. The lowest BCUT2D eigenvalue weighted by Crippen LogP contribution is -2.27. The van der Waals surface area contributed by atoms with Crippen molar-refractivity contribution in [2.24, 2.45) is 4.99 Å². The van der Waals surface area contributed by atoms with Gasteiger partial charge in [-0.1, -0.05) is 30.3 Å². The van der Waals surface area contributed by atoms with Crippen LogP contribution in [0, 0.1) is 0 Å². The lowest BCUT2D eigenvalue weighted by molar-refractivity contribution is 0.524. The number of benzene rings is 2. The van der Waals surface area contributed by atoms with Crippen LogP contribution in [0.4, 0.5) is 5.69 Å². The SMILES string of the molecule is C=NC(C)(C)Cc1cccc(N(C)S(=O)(=O)c2ccccc2)c1. The maximum Gasteiger partial charge on any atom is 0.264 e. The molecule has 0 aromatic heterocycles. The van der Waals surface area contributed by atoms with Crippen LogP contribution in [0.3, 0.4) is 0 Å². The number of anilines is 1. The third kappa shape index (κ3) is 3.99. The second-order valence-corrected chi connectivity index (χ2v) is 8.07. The predicted octanol–water partition coefficient (Wildman–Crippen LogP) is 3.53. The molecule has 23 heavy (non-hydrogen) atoms. The molecule has 0 saturated carbocycles. The van der Waals surface area contributed by atoms with Gasteiger partial charge in [-0.2, -0.15) is 0 Å². The highest BCUT2D eigenvalue weighted by atomic mass is 32.2. The van der Waals surface area contributed by atoms with Gasteiger partial charge in [-0.05, 0) is 56.8 Å². The van der Waals surface area contributed by atoms with Gasteiger partial charge in [0.25, 0.3) is 10.0 Å². The third-order valence-corrected chi connectivity index (χ3v) is 5.54. The van der Waals surface area contributed by atoms with Gasteiger partial charge in [-0.3, -0.25) is 9.30 Å². The Balaban J connectivity index is 2.33. The Kier molecular flexibility index (Phi) is 4.90. The van der Waals surface area contributed by atoms with Gasteiger partial charge in [-0.25, -0.2) is 8.42 Å². The van der Waals surface area contributed by atoms with E-state index in [0.29, 0.717) is 12.1 Å². The zero-order valence-corrected chi connectivity index (χ0v) is 14.5. The fourth-order valence-electron chi connectivity index (χ4n) is 2.31. The van der Waals surface area contributed by atoms with Crippen molar-refractivity contribution in [3.8, 4) is 0 Å². The van der Waals surface area contributed by atoms with E-state index in [-0.39, 0.29) is 10.4 Å². The molecule has 4 nitrogen and oxygen atoms in total. The van der Waals surface area contributed by atoms with E-state index in [1.165, 1.54) is 4.31 Å². The monoisotopic (exact) mass is 330 g/mol. The fourth-order valence-corrected chi connectivity index (χ4v) is 3.52. The molecule has 0 radical (unpaired) electrons. The number of hydrogen-bond acceptors (Lipinski definition) is 3. The first-order chi connectivity index (χ1) is 10.8. The molecule has 0 amide bonds. The summed E-state index contributed by atoms with van der Waals surface area (Å²) in [5, 5.41) is 0. The Morgan fingerprint density at radius 2 is 1.74 bits per heavy atom. The van der Waals surface area contributed by atoms with Crippen LogP contribution in [0.15, 0.2) is 64.5 Å². The summed E-state index contributed by atoms with van der Waals surface area (Å²) in [6, 6.07) is 15.9. The van der Waals surface area contributed by atoms with Gasteiger partial charge in [0.05, 0.1) is 16.1 Å². The topological polar surface area (TPSA) is 49.7 Å². The van der Waals surface area contributed by atoms with E-state index in [1.54, 1.807) is 43.4 Å². The molecule has 0 heterocycles. The zero-order chi connectivity index (χ0) is 17.1. The molecule has 0 atom stereocenters. The molecule has 5 heteroatoms. The highest BCUT2D eigenvalue weighted by molar-refractivity contribution is 7.92. The Morgan fingerprint density at radius 1 is 1.09 bits per heavy atom. The van der Waals surface area contributed by atoms with Gasteiger partial charge in [-0.15, -0.1) is 0 Å². The minimum absolute atomic E-state index is 0.279. The van der Waals surface area contributed by atoms with Gasteiger partial charge >= 0.3 is 0 Å². The maximum atomic E-state index is 12.7. The number of hydrogen-bond donors (Lipinski definition) is 0. The summed E-state index contributed by atoms with van der Waals surface area (Å²) in [6.45, 7) is 7.60. The van der Waals surface area contributed by atoms with Crippen LogP contribution in [0.2, 0.25) is 0 Å². The highest BCUT2D eigenvalue weighted by Gasteiger charge is 2.22. The molecular weight excluding hydrogens is 308 g/mol. The van der Waals surface area contributed by atoms with Crippen LogP contribution < -0.4 is 4.31 Å². The largest absolute Gasteiger partial charge is 0.295 e. The van der Waals surface area contributed by atoms with Crippen molar-refractivity contribution >= 4 is 22.4 Å². The van der Waals surface area contributed by atoms with E-state index in [9.17, 15) is 8.42 Å². The Bertz CT molecular complexity index is 784. The average molecular weight is 330 g/mol. The number of sulfonamides is 1. The second-order valence-electron chi connectivity index (χ2n) is 6.10. The fraction of sp³-hybridized carbons (Fsp3) is 0.278. The van der Waals surface area contributed by atoms with Crippen LogP contribution in [-0.4, -0.2) is 27.7 Å². The standard InChI is InChI=1S/C18H22N2O2S/c1-18(2,19-3)14-15-9-8-10-16(13-15)20(4)23(21,22)17-11-6-5-7-12-17/h5-13H,3,14H2,1-2,4H3. The van der Waals surface area contributed by atoms with Crippen LogP contribution >= 0.6 is 0 Å². The Hall–Kier alpha value is -2.14. The van der Waals surface area contributed by atoms with Crippen LogP contribution in [-0.2, 0) is 16.4 Å². The third-order valence-electron chi connectivity index (χ3n) is 3.74. The molecule has 0 fully saturated rings. The van der Waals surface area contributed by atoms with Crippen LogP contribution in [0.1, 0.15) is 19.4 Å². The normalized spacial score (nSPS) is 12.0. The molecule has 0 aliphatic heterocycles. The minimum atomic E-state index is -3.56. The van der Waals surface area contributed by atoms with E-state index in [1.807, 2.05) is 32.0 Å². The predicted molar refractivity (Wildman–Crippen MR) is 95.8 cm³/mol. The molecule has 0 bridgehead atoms. The van der Waals surface area contributed by atoms with Crippen molar-refractivity contribution in [2.45, 2.75) is 30.7 Å². The number of aliphatic imine (C=N–C) groups is 1. The summed E-state index contributed by atoms with van der Waals surface area (Å²) < 4.78 is 26.7. The molecule has 0 aliphatic rings. The summed E-state index contributed by atoms with van der Waals surface area (Å²) in [5.74, 6) is 0. The summed E-state index contributed by atoms with van der Waals surface area (Å²) in [5.41, 5.74) is 1.37. The van der Waals surface area contributed by atoms with E-state index in [2.05, 4.69) is 11.7 Å². The first kappa shape index (κ1) is 17.2. The summed E-state index contributed by atoms with van der Waals surface area (Å²) >= 11 is 0. The lowest BCUT2D eigenvalue weighted by Gasteiger charge is -2.22. The van der Waals surface area contributed by atoms with Gasteiger partial charge in [0.1, 0.15) is 0 Å². The summed E-state index contributed by atoms with van der Waals surface area (Å²) in [6.07, 6.45) is 0.698. The molecule has 2 rings (SSSR count). The lowest BCUT2D eigenvalue weighted by atomic mass is 9.95. The molecule has 0 saturated heterocycles. The van der Waals surface area contributed by atoms with Crippen LogP contribution in [0.5, 0.6) is 0 Å². The van der Waals surface area contributed by atoms with Crippen molar-refractivity contribution < 1.29 is 8.42 Å². The molecule has 2 aromatic rings. The van der Waals surface area contributed by atoms with Crippen LogP contribution in [0.25, 0.3) is 0 Å². The molecule has 2 aromatic carbocycles. The molecule has 0 unspecified atom stereocenters. The molecule has 0 aliphatic carbocycles. The minimum Gasteiger partial charge on any atom is -0.295 e. The van der Waals surface area contributed by atoms with E-state index >= 15 is 0 Å². The second kappa shape index (κ2) is 6.54. The van der Waals surface area contributed by atoms with Crippen molar-refractivity contribution in [1.29, 1.82) is 0 Å². The molecule has 0 N–H and O–H groups in total. The molecular formula is C18H22N2O2S. The zero-order valence-electron chi connectivity index (χ0n) is 13.7. The van der Waals surface area contributed by atoms with Crippen molar-refractivity contribution in [1.82, 2.24) is 0 Å². The van der Waals surface area contributed by atoms with Crippen molar-refractivity contribution in [3.63, 3.8) is 0 Å². The van der Waals surface area contributed by atoms with Crippen molar-refractivity contribution in [2.75, 3.05) is 11.4 Å². The maximum absolute atomic E-state index is 12.7. The smallest absolute Gasteiger partial charge is 0.264 e.